The Morgan fingerprint density at radius 1 is 1.55 bits per heavy atom. The average Bonchev–Trinajstić information content (AvgIpc) is 1.96. The molecule has 0 radical (unpaired) electrons. The summed E-state index contributed by atoms with van der Waals surface area (Å²) in [5, 5.41) is 0. The summed E-state index contributed by atoms with van der Waals surface area (Å²) in [7, 11) is 1.39. The minimum atomic E-state index is -0.518. The quantitative estimate of drug-likeness (QED) is 0.736. The molecule has 0 aliphatic rings. The maximum atomic E-state index is 12.9. The van der Waals surface area contributed by atoms with Crippen LogP contribution in [0.3, 0.4) is 0 Å². The molecule has 0 saturated heterocycles. The van der Waals surface area contributed by atoms with Crippen molar-refractivity contribution in [3.8, 4) is 5.75 Å². The van der Waals surface area contributed by atoms with E-state index < -0.39 is 5.82 Å². The van der Waals surface area contributed by atoms with E-state index in [2.05, 4.69) is 15.9 Å². The van der Waals surface area contributed by atoms with Crippen molar-refractivity contribution in [1.29, 1.82) is 0 Å². The van der Waals surface area contributed by atoms with Gasteiger partial charge in [-0.1, -0.05) is 15.9 Å². The maximum Gasteiger partial charge on any atom is 0.187 e. The van der Waals surface area contributed by atoms with Gasteiger partial charge in [0.1, 0.15) is 0 Å². The van der Waals surface area contributed by atoms with Crippen molar-refractivity contribution in [2.45, 2.75) is 0 Å². The number of anilines is 1. The molecule has 4 heteroatoms. The highest BCUT2D eigenvalue weighted by atomic mass is 79.9. The molecule has 0 fully saturated rings. The third kappa shape index (κ3) is 1.63. The Morgan fingerprint density at radius 2 is 2.18 bits per heavy atom. The first kappa shape index (κ1) is 8.33. The van der Waals surface area contributed by atoms with Crippen LogP contribution in [-0.4, -0.2) is 7.11 Å². The van der Waals surface area contributed by atoms with Gasteiger partial charge in [0.25, 0.3) is 0 Å². The molecule has 0 aliphatic heterocycles. The predicted octanol–water partition coefficient (Wildman–Crippen LogP) is 2.18. The number of hydrogen-bond donors (Lipinski definition) is 1. The van der Waals surface area contributed by atoms with Crippen LogP contribution in [0, 0.1) is 5.82 Å². The zero-order valence-electron chi connectivity index (χ0n) is 5.90. The maximum absolute atomic E-state index is 12.9. The van der Waals surface area contributed by atoms with E-state index in [1.54, 1.807) is 0 Å². The normalized spacial score (nSPS) is 9.73. The van der Waals surface area contributed by atoms with Gasteiger partial charge in [0, 0.05) is 4.47 Å². The fourth-order valence-corrected chi connectivity index (χ4v) is 1.19. The first-order chi connectivity index (χ1) is 5.15. The lowest BCUT2D eigenvalue weighted by atomic mass is 10.3. The molecule has 1 aromatic carbocycles. The molecule has 0 heterocycles. The van der Waals surface area contributed by atoms with Crippen LogP contribution in [0.4, 0.5) is 10.1 Å². The zero-order chi connectivity index (χ0) is 8.43. The van der Waals surface area contributed by atoms with Gasteiger partial charge in [-0.05, 0) is 12.1 Å². The molecule has 0 unspecified atom stereocenters. The Bertz CT molecular complexity index is 277. The number of nitrogen functional groups attached to an aromatic ring is 1. The van der Waals surface area contributed by atoms with E-state index in [4.69, 9.17) is 10.5 Å². The van der Waals surface area contributed by atoms with Crippen LogP contribution in [0.2, 0.25) is 0 Å². The molecule has 2 nitrogen and oxygen atoms in total. The molecule has 0 amide bonds. The van der Waals surface area contributed by atoms with E-state index in [-0.39, 0.29) is 11.4 Å². The molecule has 0 aliphatic carbocycles. The third-order valence-corrected chi connectivity index (χ3v) is 1.71. The molecular weight excluding hydrogens is 213 g/mol. The Balaban J connectivity index is 3.24. The highest BCUT2D eigenvalue weighted by molar-refractivity contribution is 9.10. The molecule has 0 aromatic heterocycles. The van der Waals surface area contributed by atoms with E-state index in [0.29, 0.717) is 4.47 Å². The number of halogens is 2. The number of benzene rings is 1. The predicted molar refractivity (Wildman–Crippen MR) is 45.1 cm³/mol. The smallest absolute Gasteiger partial charge is 0.187 e. The van der Waals surface area contributed by atoms with E-state index in [9.17, 15) is 4.39 Å². The summed E-state index contributed by atoms with van der Waals surface area (Å²) < 4.78 is 18.3. The lowest BCUT2D eigenvalue weighted by molar-refractivity contribution is 0.387. The molecule has 60 valence electrons. The van der Waals surface area contributed by atoms with Crippen LogP contribution < -0.4 is 10.5 Å². The van der Waals surface area contributed by atoms with Crippen LogP contribution >= 0.6 is 15.9 Å². The number of hydrogen-bond acceptors (Lipinski definition) is 2. The van der Waals surface area contributed by atoms with Crippen molar-refractivity contribution in [2.24, 2.45) is 0 Å². The largest absolute Gasteiger partial charge is 0.494 e. The molecular formula is C7H7BrFNO. The minimum absolute atomic E-state index is 0.0798. The second-order valence-corrected chi connectivity index (χ2v) is 2.93. The van der Waals surface area contributed by atoms with Crippen LogP contribution in [0.1, 0.15) is 0 Å². The number of nitrogens with two attached hydrogens (primary N) is 1. The summed E-state index contributed by atoms with van der Waals surface area (Å²) in [4.78, 5) is 0. The van der Waals surface area contributed by atoms with Gasteiger partial charge in [0.2, 0.25) is 0 Å². The topological polar surface area (TPSA) is 35.2 Å². The zero-order valence-corrected chi connectivity index (χ0v) is 7.48. The molecule has 2 N–H and O–H groups in total. The van der Waals surface area contributed by atoms with Gasteiger partial charge in [-0.2, -0.15) is 0 Å². The first-order valence-electron chi connectivity index (χ1n) is 2.93. The van der Waals surface area contributed by atoms with Crippen LogP contribution in [-0.2, 0) is 0 Å². The average molecular weight is 220 g/mol. The van der Waals surface area contributed by atoms with Gasteiger partial charge >= 0.3 is 0 Å². The van der Waals surface area contributed by atoms with E-state index >= 15 is 0 Å². The first-order valence-corrected chi connectivity index (χ1v) is 3.73. The lowest BCUT2D eigenvalue weighted by Crippen LogP contribution is -1.94. The van der Waals surface area contributed by atoms with Crippen molar-refractivity contribution in [1.82, 2.24) is 0 Å². The molecule has 11 heavy (non-hydrogen) atoms. The summed E-state index contributed by atoms with van der Waals surface area (Å²) in [5.74, 6) is -0.368. The highest BCUT2D eigenvalue weighted by Gasteiger charge is 2.06. The number of rotatable bonds is 1. The number of methoxy groups -OCH3 is 1. The minimum Gasteiger partial charge on any atom is -0.494 e. The Morgan fingerprint density at radius 3 is 2.73 bits per heavy atom. The van der Waals surface area contributed by atoms with E-state index in [1.165, 1.54) is 19.2 Å². The molecule has 1 rings (SSSR count). The van der Waals surface area contributed by atoms with Gasteiger partial charge in [0.15, 0.2) is 11.6 Å². The van der Waals surface area contributed by atoms with E-state index in [0.717, 1.165) is 0 Å². The SMILES string of the molecule is COc1cc(Br)cc(N)c1F. The molecule has 0 atom stereocenters. The van der Waals surface area contributed by atoms with Crippen molar-refractivity contribution >= 4 is 21.6 Å². The molecule has 0 spiro atoms. The van der Waals surface area contributed by atoms with Crippen molar-refractivity contribution in [3.63, 3.8) is 0 Å². The van der Waals surface area contributed by atoms with Crippen LogP contribution in [0.15, 0.2) is 16.6 Å². The van der Waals surface area contributed by atoms with Gasteiger partial charge in [-0.25, -0.2) is 4.39 Å². The van der Waals surface area contributed by atoms with Crippen molar-refractivity contribution in [3.05, 3.63) is 22.4 Å². The number of ether oxygens (including phenoxy) is 1. The van der Waals surface area contributed by atoms with Crippen LogP contribution in [0.25, 0.3) is 0 Å². The summed E-state index contributed by atoms with van der Waals surface area (Å²) in [6.45, 7) is 0. The lowest BCUT2D eigenvalue weighted by Gasteiger charge is -2.03. The summed E-state index contributed by atoms with van der Waals surface area (Å²) in [5.41, 5.74) is 5.39. The standard InChI is InChI=1S/C7H7BrFNO/c1-11-6-3-4(8)2-5(10)7(6)9/h2-3H,10H2,1H3. The van der Waals surface area contributed by atoms with Gasteiger partial charge in [-0.15, -0.1) is 0 Å². The molecule has 1 aromatic rings. The van der Waals surface area contributed by atoms with E-state index in [1.807, 2.05) is 0 Å². The monoisotopic (exact) mass is 219 g/mol. The highest BCUT2D eigenvalue weighted by Crippen LogP contribution is 2.27. The summed E-state index contributed by atoms with van der Waals surface area (Å²) in [6, 6.07) is 3.00. The van der Waals surface area contributed by atoms with Crippen molar-refractivity contribution < 1.29 is 9.13 Å². The fraction of sp³-hybridized carbons (Fsp3) is 0.143. The summed E-state index contributed by atoms with van der Waals surface area (Å²) in [6.07, 6.45) is 0. The summed E-state index contributed by atoms with van der Waals surface area (Å²) >= 11 is 3.16. The Labute approximate surface area is 72.3 Å². The Kier molecular flexibility index (Phi) is 2.34. The third-order valence-electron chi connectivity index (χ3n) is 1.25. The second-order valence-electron chi connectivity index (χ2n) is 2.01. The molecule has 0 bridgehead atoms. The van der Waals surface area contributed by atoms with Gasteiger partial charge in [0.05, 0.1) is 12.8 Å². The van der Waals surface area contributed by atoms with Crippen LogP contribution in [0.5, 0.6) is 5.75 Å². The van der Waals surface area contributed by atoms with Crippen molar-refractivity contribution in [2.75, 3.05) is 12.8 Å². The fourth-order valence-electron chi connectivity index (χ4n) is 0.733. The Hall–Kier alpha value is -0.770. The second kappa shape index (κ2) is 3.09. The molecule has 0 saturated carbocycles. The van der Waals surface area contributed by atoms with Gasteiger partial charge < -0.3 is 10.5 Å². The van der Waals surface area contributed by atoms with Gasteiger partial charge in [-0.3, -0.25) is 0 Å².